The minimum absolute atomic E-state index is 0.102. The van der Waals surface area contributed by atoms with Gasteiger partial charge in [0.15, 0.2) is 0 Å². The van der Waals surface area contributed by atoms with Crippen LogP contribution in [0.25, 0.3) is 0 Å². The number of ether oxygens (including phenoxy) is 1. The van der Waals surface area contributed by atoms with Gasteiger partial charge in [0.25, 0.3) is 0 Å². The highest BCUT2D eigenvalue weighted by Crippen LogP contribution is 2.29. The Morgan fingerprint density at radius 3 is 2.58 bits per heavy atom. The highest BCUT2D eigenvalue weighted by atomic mass is 16.5. The van der Waals surface area contributed by atoms with E-state index in [4.69, 9.17) is 4.74 Å². The van der Waals surface area contributed by atoms with E-state index in [2.05, 4.69) is 52.7 Å². The fourth-order valence-electron chi connectivity index (χ4n) is 4.02. The molecule has 0 bridgehead atoms. The lowest BCUT2D eigenvalue weighted by Gasteiger charge is -2.34. The van der Waals surface area contributed by atoms with Crippen LogP contribution in [-0.4, -0.2) is 31.6 Å². The van der Waals surface area contributed by atoms with Gasteiger partial charge in [-0.3, -0.25) is 4.79 Å². The summed E-state index contributed by atoms with van der Waals surface area (Å²) in [6.07, 6.45) is 3.22. The zero-order valence-corrected chi connectivity index (χ0v) is 15.1. The predicted molar refractivity (Wildman–Crippen MR) is 103 cm³/mol. The molecule has 0 unspecified atom stereocenters. The van der Waals surface area contributed by atoms with Gasteiger partial charge in [0.1, 0.15) is 0 Å². The number of fused-ring (bicyclic) bond motifs is 1. The van der Waals surface area contributed by atoms with Crippen molar-refractivity contribution in [3.63, 3.8) is 0 Å². The van der Waals surface area contributed by atoms with Crippen molar-refractivity contribution in [1.82, 2.24) is 5.32 Å². The third-order valence-corrected chi connectivity index (χ3v) is 5.44. The first-order chi connectivity index (χ1) is 12.8. The van der Waals surface area contributed by atoms with Crippen LogP contribution in [0.5, 0.6) is 0 Å². The maximum atomic E-state index is 12.5. The summed E-state index contributed by atoms with van der Waals surface area (Å²) in [6, 6.07) is 19.1. The molecule has 2 heterocycles. The van der Waals surface area contributed by atoms with Crippen molar-refractivity contribution in [1.29, 1.82) is 0 Å². The Morgan fingerprint density at radius 1 is 1.04 bits per heavy atom. The molecule has 0 aliphatic carbocycles. The summed E-state index contributed by atoms with van der Waals surface area (Å²) in [5, 5.41) is 3.22. The van der Waals surface area contributed by atoms with E-state index in [9.17, 15) is 4.79 Å². The molecule has 2 aromatic rings. The molecule has 0 radical (unpaired) electrons. The molecule has 0 saturated carbocycles. The highest BCUT2D eigenvalue weighted by molar-refractivity contribution is 5.77. The first kappa shape index (κ1) is 17.1. The fraction of sp³-hybridized carbons (Fsp3) is 0.409. The number of carbonyl (C=O) groups is 1. The van der Waals surface area contributed by atoms with Crippen LogP contribution in [0.3, 0.4) is 0 Å². The molecule has 1 amide bonds. The Bertz CT molecular complexity index is 739. The summed E-state index contributed by atoms with van der Waals surface area (Å²) >= 11 is 0. The third kappa shape index (κ3) is 3.91. The number of nitrogens with zero attached hydrogens (tertiary/aromatic N) is 1. The number of piperidine rings is 1. The topological polar surface area (TPSA) is 41.6 Å². The average Bonchev–Trinajstić information content (AvgIpc) is 2.69. The van der Waals surface area contributed by atoms with E-state index in [0.717, 1.165) is 32.4 Å². The molecular weight excluding hydrogens is 324 g/mol. The largest absolute Gasteiger partial charge is 0.373 e. The third-order valence-electron chi connectivity index (χ3n) is 5.44. The number of amides is 1. The first-order valence-electron chi connectivity index (χ1n) is 9.58. The van der Waals surface area contributed by atoms with Gasteiger partial charge in [-0.15, -0.1) is 0 Å². The molecule has 1 saturated heterocycles. The van der Waals surface area contributed by atoms with Gasteiger partial charge >= 0.3 is 0 Å². The van der Waals surface area contributed by atoms with Crippen LogP contribution < -0.4 is 10.2 Å². The molecule has 2 aliphatic heterocycles. The second-order valence-corrected chi connectivity index (χ2v) is 7.18. The fourth-order valence-corrected chi connectivity index (χ4v) is 4.02. The van der Waals surface area contributed by atoms with Crippen molar-refractivity contribution in [2.75, 3.05) is 24.6 Å². The molecule has 1 atom stereocenters. The van der Waals surface area contributed by atoms with Crippen LogP contribution in [0.4, 0.5) is 5.69 Å². The lowest BCUT2D eigenvalue weighted by atomic mass is 9.95. The molecule has 4 rings (SSSR count). The highest BCUT2D eigenvalue weighted by Gasteiger charge is 2.25. The van der Waals surface area contributed by atoms with Crippen LogP contribution in [-0.2, 0) is 16.0 Å². The zero-order valence-electron chi connectivity index (χ0n) is 15.1. The van der Waals surface area contributed by atoms with Crippen LogP contribution in [0.15, 0.2) is 54.6 Å². The van der Waals surface area contributed by atoms with Crippen molar-refractivity contribution in [2.24, 2.45) is 0 Å². The average molecular weight is 350 g/mol. The number of para-hydroxylation sites is 1. The summed E-state index contributed by atoms with van der Waals surface area (Å²) in [6.45, 7) is 2.67. The minimum atomic E-state index is -0.107. The molecule has 4 heteroatoms. The Morgan fingerprint density at radius 2 is 1.77 bits per heavy atom. The molecule has 2 aliphatic rings. The monoisotopic (exact) mass is 350 g/mol. The van der Waals surface area contributed by atoms with Gasteiger partial charge in [-0.25, -0.2) is 0 Å². The van der Waals surface area contributed by atoms with E-state index in [1.807, 2.05) is 12.1 Å². The lowest BCUT2D eigenvalue weighted by molar-refractivity contribution is -0.125. The summed E-state index contributed by atoms with van der Waals surface area (Å²) in [7, 11) is 0. The van der Waals surface area contributed by atoms with Crippen molar-refractivity contribution < 1.29 is 9.53 Å². The van der Waals surface area contributed by atoms with Gasteiger partial charge in [-0.2, -0.15) is 0 Å². The molecule has 1 fully saturated rings. The summed E-state index contributed by atoms with van der Waals surface area (Å²) in [5.74, 6) is 0.102. The van der Waals surface area contributed by atoms with Crippen molar-refractivity contribution in [3.8, 4) is 0 Å². The summed E-state index contributed by atoms with van der Waals surface area (Å²) in [5.41, 5.74) is 3.75. The Labute approximate surface area is 155 Å². The summed E-state index contributed by atoms with van der Waals surface area (Å²) in [4.78, 5) is 14.9. The van der Waals surface area contributed by atoms with Gasteiger partial charge in [0, 0.05) is 24.8 Å². The van der Waals surface area contributed by atoms with Gasteiger partial charge in [0.05, 0.1) is 19.1 Å². The molecule has 2 aromatic carbocycles. The number of hydrogen-bond donors (Lipinski definition) is 1. The lowest BCUT2D eigenvalue weighted by Crippen LogP contribution is -2.45. The maximum Gasteiger partial charge on any atom is 0.223 e. The smallest absolute Gasteiger partial charge is 0.223 e. The number of nitrogens with one attached hydrogen (secondary N) is 1. The molecule has 26 heavy (non-hydrogen) atoms. The first-order valence-corrected chi connectivity index (χ1v) is 9.58. The standard InChI is InChI=1S/C22H26N2O2/c25-22(16-21-20-9-5-4-6-17(20)12-15-26-21)23-18-10-13-24(14-11-18)19-7-2-1-3-8-19/h1-9,18,21H,10-16H2,(H,23,25)/t21-/m0/s1. The second-order valence-electron chi connectivity index (χ2n) is 7.18. The zero-order chi connectivity index (χ0) is 17.8. The van der Waals surface area contributed by atoms with Gasteiger partial charge in [-0.05, 0) is 42.5 Å². The number of carbonyl (C=O) groups excluding carboxylic acids is 1. The number of anilines is 1. The van der Waals surface area contributed by atoms with Crippen LogP contribution in [0.2, 0.25) is 0 Å². The number of hydrogen-bond acceptors (Lipinski definition) is 3. The molecule has 0 aromatic heterocycles. The normalized spacial score (nSPS) is 20.5. The molecular formula is C22H26N2O2. The maximum absolute atomic E-state index is 12.5. The van der Waals surface area contributed by atoms with E-state index < -0.39 is 0 Å². The van der Waals surface area contributed by atoms with E-state index in [1.165, 1.54) is 16.8 Å². The predicted octanol–water partition coefficient (Wildman–Crippen LogP) is 3.48. The van der Waals surface area contributed by atoms with Crippen LogP contribution in [0, 0.1) is 0 Å². The minimum Gasteiger partial charge on any atom is -0.373 e. The quantitative estimate of drug-likeness (QED) is 0.918. The van der Waals surface area contributed by atoms with E-state index in [0.29, 0.717) is 13.0 Å². The van der Waals surface area contributed by atoms with Gasteiger partial charge < -0.3 is 15.0 Å². The number of rotatable bonds is 4. The van der Waals surface area contributed by atoms with E-state index in [1.54, 1.807) is 0 Å². The Hall–Kier alpha value is -2.33. The van der Waals surface area contributed by atoms with Gasteiger partial charge in [-0.1, -0.05) is 42.5 Å². The van der Waals surface area contributed by atoms with E-state index >= 15 is 0 Å². The Kier molecular flexibility index (Phi) is 5.21. The van der Waals surface area contributed by atoms with Crippen LogP contribution in [0.1, 0.15) is 36.5 Å². The second kappa shape index (κ2) is 7.92. The molecule has 4 nitrogen and oxygen atoms in total. The Balaban J connectivity index is 1.29. The number of benzene rings is 2. The van der Waals surface area contributed by atoms with Crippen molar-refractivity contribution in [2.45, 2.75) is 37.8 Å². The molecule has 1 N–H and O–H groups in total. The van der Waals surface area contributed by atoms with Crippen LogP contribution >= 0.6 is 0 Å². The van der Waals surface area contributed by atoms with E-state index in [-0.39, 0.29) is 18.1 Å². The van der Waals surface area contributed by atoms with Gasteiger partial charge in [0.2, 0.25) is 5.91 Å². The summed E-state index contributed by atoms with van der Waals surface area (Å²) < 4.78 is 5.87. The van der Waals surface area contributed by atoms with Crippen molar-refractivity contribution >= 4 is 11.6 Å². The molecule has 0 spiro atoms. The van der Waals surface area contributed by atoms with Crippen molar-refractivity contribution in [3.05, 3.63) is 65.7 Å². The SMILES string of the molecule is O=C(C[C@@H]1OCCc2ccccc21)NC1CCN(c2ccccc2)CC1. The molecule has 136 valence electrons.